The molecule has 0 aromatic heterocycles. The molecule has 0 bridgehead atoms. The Morgan fingerprint density at radius 3 is 2.61 bits per heavy atom. The molecule has 1 rings (SSSR count). The van der Waals surface area contributed by atoms with Crippen molar-refractivity contribution in [1.29, 1.82) is 0 Å². The molecule has 1 amide bonds. The molecule has 0 fully saturated rings. The van der Waals surface area contributed by atoms with Gasteiger partial charge in [0, 0.05) is 12.2 Å². The minimum Gasteiger partial charge on any atom is -0.484 e. The van der Waals surface area contributed by atoms with Crippen LogP contribution in [0.4, 0.5) is 5.69 Å². The Balaban J connectivity index is 2.38. The largest absolute Gasteiger partial charge is 0.484 e. The molecular formula is C14H22N2O2. The molecule has 0 spiro atoms. The van der Waals surface area contributed by atoms with Gasteiger partial charge < -0.3 is 15.8 Å². The van der Waals surface area contributed by atoms with E-state index in [4.69, 9.17) is 10.5 Å². The van der Waals surface area contributed by atoms with Crippen molar-refractivity contribution in [2.75, 3.05) is 18.5 Å². The van der Waals surface area contributed by atoms with E-state index in [1.54, 1.807) is 0 Å². The topological polar surface area (TPSA) is 64.3 Å². The van der Waals surface area contributed by atoms with Gasteiger partial charge in [0.25, 0.3) is 5.91 Å². The van der Waals surface area contributed by atoms with E-state index in [2.05, 4.69) is 19.2 Å². The number of hydrogen-bond donors (Lipinski definition) is 2. The summed E-state index contributed by atoms with van der Waals surface area (Å²) in [6.07, 6.45) is 2.44. The first kappa shape index (κ1) is 14.4. The van der Waals surface area contributed by atoms with Gasteiger partial charge in [-0.2, -0.15) is 0 Å². The lowest BCUT2D eigenvalue weighted by Crippen LogP contribution is -2.20. The Labute approximate surface area is 109 Å². The fourth-order valence-corrected chi connectivity index (χ4v) is 1.71. The van der Waals surface area contributed by atoms with Gasteiger partial charge in [-0.15, -0.1) is 0 Å². The molecule has 0 saturated carbocycles. The summed E-state index contributed by atoms with van der Waals surface area (Å²) in [6, 6.07) is 7.54. The lowest BCUT2D eigenvalue weighted by Gasteiger charge is -2.13. The number of benzene rings is 1. The predicted molar refractivity (Wildman–Crippen MR) is 73.7 cm³/mol. The number of nitrogens with one attached hydrogen (secondary N) is 1. The maximum atomic E-state index is 10.6. The highest BCUT2D eigenvalue weighted by molar-refractivity contribution is 5.75. The third-order valence-corrected chi connectivity index (χ3v) is 2.67. The van der Waals surface area contributed by atoms with Crippen molar-refractivity contribution in [3.63, 3.8) is 0 Å². The molecule has 1 unspecified atom stereocenters. The third-order valence-electron chi connectivity index (χ3n) is 2.67. The zero-order valence-corrected chi connectivity index (χ0v) is 11.1. The summed E-state index contributed by atoms with van der Waals surface area (Å²) in [5, 5.41) is 3.37. The second kappa shape index (κ2) is 7.58. The molecule has 1 atom stereocenters. The van der Waals surface area contributed by atoms with E-state index in [1.807, 2.05) is 24.3 Å². The number of carbonyl (C=O) groups excluding carboxylic acids is 1. The standard InChI is InChI=1S/C14H22N2O2/c1-3-4-11(2)9-16-12-5-7-13(8-6-12)18-10-14(15)17/h5-8,11,16H,3-4,9-10H2,1-2H3,(H2,15,17). The molecular weight excluding hydrogens is 228 g/mol. The van der Waals surface area contributed by atoms with Crippen LogP contribution in [0.15, 0.2) is 24.3 Å². The molecule has 4 nitrogen and oxygen atoms in total. The minimum absolute atomic E-state index is 0.0830. The highest BCUT2D eigenvalue weighted by Gasteiger charge is 2.01. The molecule has 0 saturated heterocycles. The number of ether oxygens (including phenoxy) is 1. The number of carbonyl (C=O) groups is 1. The second-order valence-corrected chi connectivity index (χ2v) is 4.55. The Bertz CT molecular complexity index is 363. The molecule has 0 aliphatic heterocycles. The molecule has 1 aromatic rings. The highest BCUT2D eigenvalue weighted by Crippen LogP contribution is 2.16. The monoisotopic (exact) mass is 250 g/mol. The summed E-state index contributed by atoms with van der Waals surface area (Å²) in [5.41, 5.74) is 6.06. The van der Waals surface area contributed by atoms with Crippen molar-refractivity contribution in [3.05, 3.63) is 24.3 Å². The minimum atomic E-state index is -0.467. The van der Waals surface area contributed by atoms with Crippen molar-refractivity contribution >= 4 is 11.6 Å². The van der Waals surface area contributed by atoms with E-state index in [9.17, 15) is 4.79 Å². The Morgan fingerprint density at radius 2 is 2.06 bits per heavy atom. The van der Waals surface area contributed by atoms with E-state index in [0.717, 1.165) is 12.2 Å². The van der Waals surface area contributed by atoms with Gasteiger partial charge in [0.05, 0.1) is 0 Å². The van der Waals surface area contributed by atoms with E-state index >= 15 is 0 Å². The highest BCUT2D eigenvalue weighted by atomic mass is 16.5. The van der Waals surface area contributed by atoms with Gasteiger partial charge in [0.2, 0.25) is 0 Å². The number of rotatable bonds is 8. The van der Waals surface area contributed by atoms with Crippen LogP contribution in [0, 0.1) is 5.92 Å². The predicted octanol–water partition coefficient (Wildman–Crippen LogP) is 2.40. The van der Waals surface area contributed by atoms with Crippen molar-refractivity contribution < 1.29 is 9.53 Å². The van der Waals surface area contributed by atoms with Crippen molar-refractivity contribution in [2.24, 2.45) is 11.7 Å². The number of primary amides is 1. The van der Waals surface area contributed by atoms with Gasteiger partial charge >= 0.3 is 0 Å². The van der Waals surface area contributed by atoms with Crippen LogP contribution in [0.2, 0.25) is 0 Å². The molecule has 18 heavy (non-hydrogen) atoms. The lowest BCUT2D eigenvalue weighted by molar-refractivity contribution is -0.119. The smallest absolute Gasteiger partial charge is 0.255 e. The van der Waals surface area contributed by atoms with Crippen LogP contribution in [0.5, 0.6) is 5.75 Å². The number of anilines is 1. The van der Waals surface area contributed by atoms with E-state index in [1.165, 1.54) is 12.8 Å². The van der Waals surface area contributed by atoms with Gasteiger partial charge in [0.1, 0.15) is 5.75 Å². The zero-order valence-electron chi connectivity index (χ0n) is 11.1. The van der Waals surface area contributed by atoms with Gasteiger partial charge in [-0.05, 0) is 36.6 Å². The summed E-state index contributed by atoms with van der Waals surface area (Å²) in [6.45, 7) is 5.32. The molecule has 3 N–H and O–H groups in total. The Hall–Kier alpha value is -1.71. The summed E-state index contributed by atoms with van der Waals surface area (Å²) in [4.78, 5) is 10.6. The molecule has 0 aliphatic rings. The average molecular weight is 250 g/mol. The number of hydrogen-bond acceptors (Lipinski definition) is 3. The van der Waals surface area contributed by atoms with Crippen molar-refractivity contribution in [3.8, 4) is 5.75 Å². The first-order chi connectivity index (χ1) is 8.61. The van der Waals surface area contributed by atoms with Gasteiger partial charge in [-0.3, -0.25) is 4.79 Å². The van der Waals surface area contributed by atoms with E-state index in [-0.39, 0.29) is 6.61 Å². The van der Waals surface area contributed by atoms with E-state index in [0.29, 0.717) is 11.7 Å². The van der Waals surface area contributed by atoms with Gasteiger partial charge in [0.15, 0.2) is 6.61 Å². The number of amides is 1. The normalized spacial score (nSPS) is 11.9. The molecule has 0 heterocycles. The maximum absolute atomic E-state index is 10.6. The molecule has 0 aliphatic carbocycles. The first-order valence-corrected chi connectivity index (χ1v) is 6.37. The summed E-state index contributed by atoms with van der Waals surface area (Å²) in [7, 11) is 0. The molecule has 100 valence electrons. The van der Waals surface area contributed by atoms with Crippen LogP contribution >= 0.6 is 0 Å². The van der Waals surface area contributed by atoms with Crippen molar-refractivity contribution in [2.45, 2.75) is 26.7 Å². The quantitative estimate of drug-likeness (QED) is 0.744. The first-order valence-electron chi connectivity index (χ1n) is 6.37. The summed E-state index contributed by atoms with van der Waals surface area (Å²) in [5.74, 6) is 0.854. The van der Waals surface area contributed by atoms with Crippen LogP contribution in [-0.2, 0) is 4.79 Å². The Kier molecular flexibility index (Phi) is 6.05. The lowest BCUT2D eigenvalue weighted by atomic mass is 10.1. The maximum Gasteiger partial charge on any atom is 0.255 e. The Morgan fingerprint density at radius 1 is 1.39 bits per heavy atom. The molecule has 0 radical (unpaired) electrons. The zero-order chi connectivity index (χ0) is 13.4. The van der Waals surface area contributed by atoms with Gasteiger partial charge in [-0.25, -0.2) is 0 Å². The fourth-order valence-electron chi connectivity index (χ4n) is 1.71. The van der Waals surface area contributed by atoms with Gasteiger partial charge in [-0.1, -0.05) is 20.3 Å². The summed E-state index contributed by atoms with van der Waals surface area (Å²) < 4.78 is 5.18. The van der Waals surface area contributed by atoms with Crippen LogP contribution < -0.4 is 15.8 Å². The molecule has 1 aromatic carbocycles. The van der Waals surface area contributed by atoms with Crippen LogP contribution in [0.3, 0.4) is 0 Å². The van der Waals surface area contributed by atoms with Crippen molar-refractivity contribution in [1.82, 2.24) is 0 Å². The third kappa shape index (κ3) is 5.57. The van der Waals surface area contributed by atoms with Crippen LogP contribution in [0.25, 0.3) is 0 Å². The fraction of sp³-hybridized carbons (Fsp3) is 0.500. The molecule has 4 heteroatoms. The number of nitrogens with two attached hydrogens (primary N) is 1. The average Bonchev–Trinajstić information content (AvgIpc) is 2.35. The van der Waals surface area contributed by atoms with Crippen LogP contribution in [0.1, 0.15) is 26.7 Å². The van der Waals surface area contributed by atoms with E-state index < -0.39 is 5.91 Å². The second-order valence-electron chi connectivity index (χ2n) is 4.55. The summed E-state index contributed by atoms with van der Waals surface area (Å²) >= 11 is 0. The SMILES string of the molecule is CCCC(C)CNc1ccc(OCC(N)=O)cc1. The van der Waals surface area contributed by atoms with Crippen LogP contribution in [-0.4, -0.2) is 19.1 Å².